The highest BCUT2D eigenvalue weighted by Crippen LogP contribution is 2.50. The molecule has 0 saturated carbocycles. The van der Waals surface area contributed by atoms with Gasteiger partial charge in [0.15, 0.2) is 17.5 Å². The second kappa shape index (κ2) is 12.9. The Morgan fingerprint density at radius 1 is 0.298 bits per heavy atom. The molecule has 1 aliphatic carbocycles. The highest BCUT2D eigenvalue weighted by Gasteiger charge is 2.35. The summed E-state index contributed by atoms with van der Waals surface area (Å²) in [5.41, 5.74) is 13.0. The second-order valence-electron chi connectivity index (χ2n) is 15.6. The van der Waals surface area contributed by atoms with Gasteiger partial charge in [0.25, 0.3) is 0 Å². The predicted octanol–water partition coefficient (Wildman–Crippen LogP) is 14.0. The van der Waals surface area contributed by atoms with Crippen LogP contribution in [0, 0.1) is 0 Å². The Morgan fingerprint density at radius 2 is 0.789 bits per heavy atom. The molecule has 0 fully saturated rings. The maximum absolute atomic E-state index is 5.02. The fraction of sp³-hybridized carbons (Fsp3) is 0.0556. The minimum absolute atomic E-state index is 0.0712. The Morgan fingerprint density at radius 3 is 1.53 bits per heavy atom. The molecule has 1 aromatic heterocycles. The van der Waals surface area contributed by atoms with Gasteiger partial charge >= 0.3 is 0 Å². The van der Waals surface area contributed by atoms with Crippen LogP contribution in [0.5, 0.6) is 0 Å². The Hall–Kier alpha value is -7.23. The summed E-state index contributed by atoms with van der Waals surface area (Å²) in [6, 6.07) is 67.4. The van der Waals surface area contributed by atoms with E-state index in [0.717, 1.165) is 27.8 Å². The maximum Gasteiger partial charge on any atom is 0.164 e. The zero-order chi connectivity index (χ0) is 38.1. The molecule has 0 N–H and O–H groups in total. The van der Waals surface area contributed by atoms with Crippen molar-refractivity contribution in [3.8, 4) is 67.5 Å². The first kappa shape index (κ1) is 33.1. The van der Waals surface area contributed by atoms with Crippen LogP contribution in [0.2, 0.25) is 0 Å². The van der Waals surface area contributed by atoms with E-state index in [0.29, 0.717) is 17.5 Å². The molecule has 0 atom stereocenters. The molecule has 1 aliphatic rings. The molecule has 0 unspecified atom stereocenters. The molecule has 3 nitrogen and oxygen atoms in total. The van der Waals surface area contributed by atoms with E-state index in [1.807, 2.05) is 60.7 Å². The quantitative estimate of drug-likeness (QED) is 0.166. The maximum atomic E-state index is 5.02. The fourth-order valence-corrected chi connectivity index (χ4v) is 9.07. The smallest absolute Gasteiger partial charge is 0.164 e. The average Bonchev–Trinajstić information content (AvgIpc) is 3.51. The summed E-state index contributed by atoms with van der Waals surface area (Å²) in [6.07, 6.45) is 0. The summed E-state index contributed by atoms with van der Waals surface area (Å²) in [4.78, 5) is 14.9. The van der Waals surface area contributed by atoms with Gasteiger partial charge in [0.1, 0.15) is 0 Å². The Balaban J connectivity index is 1.07. The minimum Gasteiger partial charge on any atom is -0.208 e. The molecule has 57 heavy (non-hydrogen) atoms. The lowest BCUT2D eigenvalue weighted by Gasteiger charge is -2.22. The van der Waals surface area contributed by atoms with Gasteiger partial charge in [-0.15, -0.1) is 0 Å². The summed E-state index contributed by atoms with van der Waals surface area (Å²) < 4.78 is 0. The van der Waals surface area contributed by atoms with Crippen LogP contribution in [0.1, 0.15) is 25.0 Å². The molecule has 0 spiro atoms. The van der Waals surface area contributed by atoms with Crippen molar-refractivity contribution in [2.75, 3.05) is 0 Å². The SMILES string of the molecule is CC1(C)c2ccccc2-c2ccc(-c3cccc4c5ccccc5c5cc(-c6cccc(-c7nc(-c8ccccc8)nc(-c8ccccc8)n7)c6)ccc5c34)cc21. The van der Waals surface area contributed by atoms with Crippen LogP contribution >= 0.6 is 0 Å². The minimum atomic E-state index is -0.0712. The van der Waals surface area contributed by atoms with Crippen molar-refractivity contribution in [1.82, 2.24) is 15.0 Å². The van der Waals surface area contributed by atoms with E-state index >= 15 is 0 Å². The van der Waals surface area contributed by atoms with E-state index in [9.17, 15) is 0 Å². The third-order valence-corrected chi connectivity index (χ3v) is 11.9. The van der Waals surface area contributed by atoms with E-state index in [1.54, 1.807) is 0 Å². The van der Waals surface area contributed by atoms with Gasteiger partial charge < -0.3 is 0 Å². The molecule has 10 aromatic rings. The van der Waals surface area contributed by atoms with Crippen LogP contribution in [-0.4, -0.2) is 15.0 Å². The Labute approximate surface area is 332 Å². The Kier molecular flexibility index (Phi) is 7.52. The van der Waals surface area contributed by atoms with E-state index in [-0.39, 0.29) is 5.41 Å². The predicted molar refractivity (Wildman–Crippen MR) is 237 cm³/mol. The lowest BCUT2D eigenvalue weighted by Crippen LogP contribution is -2.14. The average molecular weight is 728 g/mol. The lowest BCUT2D eigenvalue weighted by atomic mass is 9.81. The number of benzene rings is 9. The third kappa shape index (κ3) is 5.38. The summed E-state index contributed by atoms with van der Waals surface area (Å²) in [5, 5.41) is 7.55. The third-order valence-electron chi connectivity index (χ3n) is 11.9. The van der Waals surface area contributed by atoms with Gasteiger partial charge in [-0.1, -0.05) is 184 Å². The van der Waals surface area contributed by atoms with Crippen LogP contribution in [0.4, 0.5) is 0 Å². The standard InChI is InChI=1S/C54H37N3/c1-54(2)48-26-12-11-23-43(48)44-29-28-38(33-49(44)54)40-24-14-25-45-41-21-9-10-22-42(41)47-32-37(27-30-46(47)50(40)45)36-19-13-20-39(31-36)53-56-51(34-15-5-3-6-16-34)55-52(57-53)35-17-7-4-8-18-35/h3-33H,1-2H3. The molecule has 0 bridgehead atoms. The molecule has 0 saturated heterocycles. The van der Waals surface area contributed by atoms with Gasteiger partial charge in [-0.05, 0) is 95.0 Å². The van der Waals surface area contributed by atoms with Gasteiger partial charge in [0.05, 0.1) is 0 Å². The van der Waals surface area contributed by atoms with Crippen LogP contribution in [0.25, 0.3) is 99.9 Å². The molecule has 3 heteroatoms. The van der Waals surface area contributed by atoms with E-state index in [4.69, 9.17) is 15.0 Å². The van der Waals surface area contributed by atoms with Crippen LogP contribution in [0.15, 0.2) is 188 Å². The van der Waals surface area contributed by atoms with E-state index < -0.39 is 0 Å². The number of fused-ring (bicyclic) bond motifs is 9. The number of nitrogens with zero attached hydrogens (tertiary/aromatic N) is 3. The summed E-state index contributed by atoms with van der Waals surface area (Å²) in [5.74, 6) is 1.95. The van der Waals surface area contributed by atoms with Crippen molar-refractivity contribution in [2.45, 2.75) is 19.3 Å². The Bertz CT molecular complexity index is 3140. The van der Waals surface area contributed by atoms with Crippen molar-refractivity contribution < 1.29 is 0 Å². The van der Waals surface area contributed by atoms with Crippen molar-refractivity contribution in [3.63, 3.8) is 0 Å². The van der Waals surface area contributed by atoms with Gasteiger partial charge in [0, 0.05) is 22.1 Å². The normalized spacial score (nSPS) is 12.9. The van der Waals surface area contributed by atoms with Crippen molar-refractivity contribution in [2.24, 2.45) is 0 Å². The van der Waals surface area contributed by atoms with Crippen molar-refractivity contribution in [3.05, 3.63) is 199 Å². The van der Waals surface area contributed by atoms with Gasteiger partial charge in [-0.3, -0.25) is 0 Å². The van der Waals surface area contributed by atoms with Crippen LogP contribution in [-0.2, 0) is 5.41 Å². The number of aromatic nitrogens is 3. The molecular formula is C54H37N3. The zero-order valence-electron chi connectivity index (χ0n) is 31.7. The molecule has 0 amide bonds. The van der Waals surface area contributed by atoms with Crippen molar-refractivity contribution >= 4 is 32.3 Å². The van der Waals surface area contributed by atoms with Gasteiger partial charge in [-0.25, -0.2) is 15.0 Å². The summed E-state index contributed by atoms with van der Waals surface area (Å²) >= 11 is 0. The van der Waals surface area contributed by atoms with Gasteiger partial charge in [-0.2, -0.15) is 0 Å². The highest BCUT2D eigenvalue weighted by molar-refractivity contribution is 6.28. The summed E-state index contributed by atoms with van der Waals surface area (Å²) in [6.45, 7) is 4.71. The number of rotatable bonds is 5. The highest BCUT2D eigenvalue weighted by atomic mass is 15.0. The molecular weight excluding hydrogens is 691 g/mol. The number of hydrogen-bond donors (Lipinski definition) is 0. The van der Waals surface area contributed by atoms with Crippen LogP contribution < -0.4 is 0 Å². The largest absolute Gasteiger partial charge is 0.208 e. The van der Waals surface area contributed by atoms with E-state index in [2.05, 4.69) is 141 Å². The zero-order valence-corrected chi connectivity index (χ0v) is 31.7. The molecule has 0 aliphatic heterocycles. The molecule has 1 heterocycles. The second-order valence-corrected chi connectivity index (χ2v) is 15.6. The molecule has 9 aromatic carbocycles. The molecule has 268 valence electrons. The molecule has 0 radical (unpaired) electrons. The van der Waals surface area contributed by atoms with Crippen LogP contribution in [0.3, 0.4) is 0 Å². The van der Waals surface area contributed by atoms with Crippen molar-refractivity contribution in [1.29, 1.82) is 0 Å². The first-order valence-corrected chi connectivity index (χ1v) is 19.6. The topological polar surface area (TPSA) is 38.7 Å². The summed E-state index contributed by atoms with van der Waals surface area (Å²) in [7, 11) is 0. The fourth-order valence-electron chi connectivity index (χ4n) is 9.07. The first-order chi connectivity index (χ1) is 28.0. The van der Waals surface area contributed by atoms with Gasteiger partial charge in [0.2, 0.25) is 0 Å². The monoisotopic (exact) mass is 727 g/mol. The number of hydrogen-bond acceptors (Lipinski definition) is 3. The molecule has 11 rings (SSSR count). The van der Waals surface area contributed by atoms with E-state index in [1.165, 1.54) is 65.7 Å². The first-order valence-electron chi connectivity index (χ1n) is 19.6. The lowest BCUT2D eigenvalue weighted by molar-refractivity contribution is 0.660.